The molecular weight excluding hydrogens is 436 g/mol. The zero-order valence-electron chi connectivity index (χ0n) is 18.2. The molecule has 1 amide bonds. The summed E-state index contributed by atoms with van der Waals surface area (Å²) >= 11 is 1.29. The molecular formula is C25H24N4O3S. The van der Waals surface area contributed by atoms with Gasteiger partial charge in [0.2, 0.25) is 11.1 Å². The van der Waals surface area contributed by atoms with Gasteiger partial charge in [0.25, 0.3) is 0 Å². The molecule has 4 aromatic rings. The number of hydrogen-bond donors (Lipinski definition) is 1. The van der Waals surface area contributed by atoms with Gasteiger partial charge in [0, 0.05) is 6.54 Å². The second-order valence-electron chi connectivity index (χ2n) is 7.13. The maximum Gasteiger partial charge on any atom is 0.230 e. The summed E-state index contributed by atoms with van der Waals surface area (Å²) < 4.78 is 13.0. The van der Waals surface area contributed by atoms with Gasteiger partial charge in [0.1, 0.15) is 12.9 Å². The van der Waals surface area contributed by atoms with E-state index < -0.39 is 0 Å². The number of carbonyl (C=O) groups excluding carboxylic acids is 1. The smallest absolute Gasteiger partial charge is 0.230 e. The number of nitrogens with zero attached hydrogens (tertiary/aromatic N) is 3. The molecule has 0 aliphatic rings. The zero-order chi connectivity index (χ0) is 22.9. The highest BCUT2D eigenvalue weighted by atomic mass is 32.2. The number of hydrogen-bond acceptors (Lipinski definition) is 6. The van der Waals surface area contributed by atoms with E-state index in [2.05, 4.69) is 15.4 Å². The molecule has 7 nitrogen and oxygen atoms in total. The molecule has 0 aliphatic carbocycles. The van der Waals surface area contributed by atoms with Crippen LogP contribution in [-0.2, 0) is 17.9 Å². The third-order valence-electron chi connectivity index (χ3n) is 4.78. The van der Waals surface area contributed by atoms with E-state index in [1.165, 1.54) is 11.8 Å². The number of amides is 1. The Hall–Kier alpha value is -3.78. The van der Waals surface area contributed by atoms with Gasteiger partial charge in [-0.3, -0.25) is 4.79 Å². The van der Waals surface area contributed by atoms with Crippen molar-refractivity contribution in [3.63, 3.8) is 0 Å². The maximum absolute atomic E-state index is 12.3. The molecule has 0 aliphatic heterocycles. The summed E-state index contributed by atoms with van der Waals surface area (Å²) in [4.78, 5) is 16.6. The van der Waals surface area contributed by atoms with Crippen molar-refractivity contribution in [1.29, 1.82) is 0 Å². The lowest BCUT2D eigenvalue weighted by molar-refractivity contribution is -0.118. The summed E-state index contributed by atoms with van der Waals surface area (Å²) in [5.41, 5.74) is 2.92. The van der Waals surface area contributed by atoms with Crippen LogP contribution in [0, 0.1) is 0 Å². The monoisotopic (exact) mass is 460 g/mol. The van der Waals surface area contributed by atoms with E-state index in [1.54, 1.807) is 18.1 Å². The number of aromatic nitrogens is 3. The third-order valence-corrected chi connectivity index (χ3v) is 5.63. The lowest BCUT2D eigenvalue weighted by Crippen LogP contribution is -2.24. The van der Waals surface area contributed by atoms with E-state index in [1.807, 2.05) is 78.9 Å². The van der Waals surface area contributed by atoms with Gasteiger partial charge >= 0.3 is 0 Å². The van der Waals surface area contributed by atoms with E-state index in [0.29, 0.717) is 29.8 Å². The van der Waals surface area contributed by atoms with Gasteiger partial charge in [-0.2, -0.15) is 0 Å². The van der Waals surface area contributed by atoms with E-state index in [9.17, 15) is 4.79 Å². The number of thioether (sulfide) groups is 1. The predicted octanol–water partition coefficient (Wildman–Crippen LogP) is 4.26. The maximum atomic E-state index is 12.3. The van der Waals surface area contributed by atoms with Gasteiger partial charge < -0.3 is 14.8 Å². The standard InChI is InChI=1S/C25H24N4O3S/c1-31-23-14-20(12-13-22(23)32-16-19-8-4-2-5-9-19)15-26-24(30)17-33-25-27-18-29(28-25)21-10-6-3-7-11-21/h2-14,18H,15-17H2,1H3,(H,26,30). The fourth-order valence-electron chi connectivity index (χ4n) is 3.08. The molecule has 8 heteroatoms. The molecule has 0 atom stereocenters. The lowest BCUT2D eigenvalue weighted by atomic mass is 10.2. The van der Waals surface area contributed by atoms with Crippen molar-refractivity contribution in [2.45, 2.75) is 18.3 Å². The van der Waals surface area contributed by atoms with Gasteiger partial charge in [-0.15, -0.1) is 5.10 Å². The largest absolute Gasteiger partial charge is 0.493 e. The molecule has 0 radical (unpaired) electrons. The summed E-state index contributed by atoms with van der Waals surface area (Å²) in [6, 6.07) is 25.3. The van der Waals surface area contributed by atoms with Crippen LogP contribution in [0.3, 0.4) is 0 Å². The first-order chi connectivity index (χ1) is 16.2. The third kappa shape index (κ3) is 6.36. The van der Waals surface area contributed by atoms with Crippen LogP contribution in [0.1, 0.15) is 11.1 Å². The van der Waals surface area contributed by atoms with Crippen molar-refractivity contribution >= 4 is 17.7 Å². The van der Waals surface area contributed by atoms with Gasteiger partial charge in [-0.05, 0) is 35.4 Å². The van der Waals surface area contributed by atoms with Crippen molar-refractivity contribution < 1.29 is 14.3 Å². The molecule has 0 saturated carbocycles. The molecule has 0 fully saturated rings. The molecule has 0 spiro atoms. The molecule has 0 unspecified atom stereocenters. The molecule has 4 rings (SSSR count). The summed E-state index contributed by atoms with van der Waals surface area (Å²) in [7, 11) is 1.60. The number of carbonyl (C=O) groups is 1. The van der Waals surface area contributed by atoms with Crippen molar-refractivity contribution in [1.82, 2.24) is 20.1 Å². The van der Waals surface area contributed by atoms with Crippen LogP contribution >= 0.6 is 11.8 Å². The zero-order valence-corrected chi connectivity index (χ0v) is 19.0. The van der Waals surface area contributed by atoms with Crippen molar-refractivity contribution in [2.24, 2.45) is 0 Å². The Morgan fingerprint density at radius 1 is 0.970 bits per heavy atom. The summed E-state index contributed by atoms with van der Waals surface area (Å²) in [5, 5.41) is 7.87. The average molecular weight is 461 g/mol. The Balaban J connectivity index is 1.26. The molecule has 33 heavy (non-hydrogen) atoms. The molecule has 3 aromatic carbocycles. The summed E-state index contributed by atoms with van der Waals surface area (Å²) in [5.74, 6) is 1.42. The fraction of sp³-hybridized carbons (Fsp3) is 0.160. The van der Waals surface area contributed by atoms with Gasteiger partial charge in [0.15, 0.2) is 11.5 Å². The van der Waals surface area contributed by atoms with Crippen molar-refractivity contribution in [2.75, 3.05) is 12.9 Å². The van der Waals surface area contributed by atoms with Crippen LogP contribution < -0.4 is 14.8 Å². The molecule has 0 saturated heterocycles. The number of ether oxygens (including phenoxy) is 2. The van der Waals surface area contributed by atoms with Crippen LogP contribution in [0.2, 0.25) is 0 Å². The Kier molecular flexibility index (Phi) is 7.60. The average Bonchev–Trinajstić information content (AvgIpc) is 3.35. The Bertz CT molecular complexity index is 1180. The van der Waals surface area contributed by atoms with E-state index >= 15 is 0 Å². The minimum Gasteiger partial charge on any atom is -0.493 e. The van der Waals surface area contributed by atoms with Gasteiger partial charge in [0.05, 0.1) is 18.6 Å². The molecule has 1 N–H and O–H groups in total. The van der Waals surface area contributed by atoms with Crippen LogP contribution in [-0.4, -0.2) is 33.5 Å². The Morgan fingerprint density at radius 3 is 2.48 bits per heavy atom. The normalized spacial score (nSPS) is 10.6. The second kappa shape index (κ2) is 11.2. The second-order valence-corrected chi connectivity index (χ2v) is 8.07. The van der Waals surface area contributed by atoms with E-state index in [4.69, 9.17) is 9.47 Å². The molecule has 0 bridgehead atoms. The van der Waals surface area contributed by atoms with Crippen LogP contribution in [0.5, 0.6) is 11.5 Å². The Morgan fingerprint density at radius 2 is 1.73 bits per heavy atom. The fourth-order valence-corrected chi connectivity index (χ4v) is 3.71. The van der Waals surface area contributed by atoms with Crippen LogP contribution in [0.25, 0.3) is 5.69 Å². The SMILES string of the molecule is COc1cc(CNC(=O)CSc2ncn(-c3ccccc3)n2)ccc1OCc1ccccc1. The lowest BCUT2D eigenvalue weighted by Gasteiger charge is -2.13. The number of methoxy groups -OCH3 is 1. The first kappa shape index (κ1) is 22.4. The topological polar surface area (TPSA) is 78.3 Å². The van der Waals surface area contributed by atoms with E-state index in [-0.39, 0.29) is 11.7 Å². The quantitative estimate of drug-likeness (QED) is 0.356. The molecule has 1 heterocycles. The molecule has 1 aromatic heterocycles. The summed E-state index contributed by atoms with van der Waals surface area (Å²) in [6.45, 7) is 0.846. The van der Waals surface area contributed by atoms with Crippen LogP contribution in [0.4, 0.5) is 0 Å². The van der Waals surface area contributed by atoms with Crippen molar-refractivity contribution in [3.8, 4) is 17.2 Å². The van der Waals surface area contributed by atoms with Gasteiger partial charge in [-0.25, -0.2) is 9.67 Å². The van der Waals surface area contributed by atoms with Gasteiger partial charge in [-0.1, -0.05) is 66.4 Å². The minimum absolute atomic E-state index is 0.0977. The number of para-hydroxylation sites is 1. The first-order valence-corrected chi connectivity index (χ1v) is 11.4. The number of nitrogens with one attached hydrogen (secondary N) is 1. The van der Waals surface area contributed by atoms with Crippen LogP contribution in [0.15, 0.2) is 90.3 Å². The highest BCUT2D eigenvalue weighted by molar-refractivity contribution is 7.99. The predicted molar refractivity (Wildman–Crippen MR) is 128 cm³/mol. The van der Waals surface area contributed by atoms with E-state index in [0.717, 1.165) is 16.8 Å². The number of benzene rings is 3. The van der Waals surface area contributed by atoms with Crippen molar-refractivity contribution in [3.05, 3.63) is 96.3 Å². The summed E-state index contributed by atoms with van der Waals surface area (Å²) in [6.07, 6.45) is 1.64. The number of rotatable bonds is 10. The first-order valence-electron chi connectivity index (χ1n) is 10.4. The Labute approximate surface area is 196 Å². The minimum atomic E-state index is -0.0977. The highest BCUT2D eigenvalue weighted by Gasteiger charge is 2.10. The highest BCUT2D eigenvalue weighted by Crippen LogP contribution is 2.29. The molecule has 168 valence electrons.